The van der Waals surface area contributed by atoms with Gasteiger partial charge < -0.3 is 9.63 Å². The molecule has 0 spiro atoms. The van der Waals surface area contributed by atoms with E-state index < -0.39 is 5.97 Å². The number of rotatable bonds is 5. The second-order valence-corrected chi connectivity index (χ2v) is 6.81. The lowest BCUT2D eigenvalue weighted by Gasteiger charge is -2.34. The minimum Gasteiger partial charge on any atom is -0.481 e. The van der Waals surface area contributed by atoms with E-state index in [-0.39, 0.29) is 11.8 Å². The molecule has 0 saturated carbocycles. The number of hydrogen-bond acceptors (Lipinski definition) is 5. The van der Waals surface area contributed by atoms with Gasteiger partial charge in [-0.25, -0.2) is 0 Å². The lowest BCUT2D eigenvalue weighted by molar-refractivity contribution is -0.137. The van der Waals surface area contributed by atoms with Crippen LogP contribution in [0.1, 0.15) is 64.6 Å². The van der Waals surface area contributed by atoms with Gasteiger partial charge in [-0.1, -0.05) is 32.3 Å². The van der Waals surface area contributed by atoms with Crippen molar-refractivity contribution >= 4 is 5.97 Å². The minimum atomic E-state index is -0.728. The molecule has 1 aromatic heterocycles. The number of nitrogens with zero attached hydrogens (tertiary/aromatic N) is 3. The van der Waals surface area contributed by atoms with Crippen molar-refractivity contribution in [2.45, 2.75) is 70.9 Å². The maximum absolute atomic E-state index is 10.8. The first kappa shape index (κ1) is 15.9. The molecule has 1 saturated heterocycles. The molecule has 1 aromatic rings. The zero-order chi connectivity index (χ0) is 15.5. The highest BCUT2D eigenvalue weighted by atomic mass is 16.5. The fourth-order valence-electron chi connectivity index (χ4n) is 2.68. The van der Waals surface area contributed by atoms with Gasteiger partial charge in [0.2, 0.25) is 5.89 Å². The van der Waals surface area contributed by atoms with Gasteiger partial charge in [0.15, 0.2) is 5.82 Å². The van der Waals surface area contributed by atoms with Crippen molar-refractivity contribution in [3.05, 3.63) is 11.7 Å². The summed E-state index contributed by atoms with van der Waals surface area (Å²) < 4.78 is 5.35. The first-order valence-corrected chi connectivity index (χ1v) is 7.65. The molecular formula is C15H25N3O3. The Morgan fingerprint density at radius 3 is 2.81 bits per heavy atom. The number of carboxylic acids is 1. The van der Waals surface area contributed by atoms with Crippen LogP contribution in [0.2, 0.25) is 0 Å². The number of aliphatic carboxylic acids is 1. The quantitative estimate of drug-likeness (QED) is 0.899. The normalized spacial score (nSPS) is 20.6. The van der Waals surface area contributed by atoms with E-state index >= 15 is 0 Å². The molecular weight excluding hydrogens is 270 g/mol. The summed E-state index contributed by atoms with van der Waals surface area (Å²) in [5.41, 5.74) is -0.119. The molecule has 1 fully saturated rings. The SMILES string of the molecule is CC(C)(C)c1noc(CN2CCCCC2CCC(=O)O)n1. The van der Waals surface area contributed by atoms with Crippen molar-refractivity contribution in [3.8, 4) is 0 Å². The largest absolute Gasteiger partial charge is 0.481 e. The van der Waals surface area contributed by atoms with Crippen LogP contribution in [-0.2, 0) is 16.8 Å². The molecule has 2 heterocycles. The van der Waals surface area contributed by atoms with E-state index in [4.69, 9.17) is 9.63 Å². The highest BCUT2D eigenvalue weighted by molar-refractivity contribution is 5.66. The number of carbonyl (C=O) groups is 1. The summed E-state index contributed by atoms with van der Waals surface area (Å²) in [6, 6.07) is 0.305. The molecule has 6 heteroatoms. The standard InChI is InChI=1S/C15H25N3O3/c1-15(2,3)14-16-12(21-17-14)10-18-9-5-4-6-11(18)7-8-13(19)20/h11H,4-10H2,1-3H3,(H,19,20). The highest BCUT2D eigenvalue weighted by Gasteiger charge is 2.26. The molecule has 0 radical (unpaired) electrons. The van der Waals surface area contributed by atoms with Gasteiger partial charge in [0.25, 0.3) is 0 Å². The number of piperidine rings is 1. The molecule has 21 heavy (non-hydrogen) atoms. The molecule has 118 valence electrons. The van der Waals surface area contributed by atoms with Crippen LogP contribution in [-0.4, -0.2) is 38.7 Å². The summed E-state index contributed by atoms with van der Waals surface area (Å²) in [7, 11) is 0. The van der Waals surface area contributed by atoms with E-state index in [1.54, 1.807) is 0 Å². The molecule has 0 amide bonds. The average Bonchev–Trinajstić information content (AvgIpc) is 2.86. The predicted molar refractivity (Wildman–Crippen MR) is 77.9 cm³/mol. The summed E-state index contributed by atoms with van der Waals surface area (Å²) in [4.78, 5) is 17.5. The Balaban J connectivity index is 1.98. The van der Waals surface area contributed by atoms with Gasteiger partial charge in [0.05, 0.1) is 6.54 Å². The van der Waals surface area contributed by atoms with Crippen molar-refractivity contribution in [1.29, 1.82) is 0 Å². The van der Waals surface area contributed by atoms with Gasteiger partial charge >= 0.3 is 5.97 Å². The Morgan fingerprint density at radius 2 is 2.19 bits per heavy atom. The lowest BCUT2D eigenvalue weighted by atomic mass is 9.96. The number of aromatic nitrogens is 2. The van der Waals surface area contributed by atoms with Crippen molar-refractivity contribution in [2.24, 2.45) is 0 Å². The molecule has 1 aliphatic heterocycles. The van der Waals surface area contributed by atoms with Crippen LogP contribution in [0.15, 0.2) is 4.52 Å². The van der Waals surface area contributed by atoms with Crippen molar-refractivity contribution in [2.75, 3.05) is 6.54 Å². The summed E-state index contributed by atoms with van der Waals surface area (Å²) in [6.07, 6.45) is 4.27. The van der Waals surface area contributed by atoms with E-state index in [0.29, 0.717) is 24.9 Å². The Kier molecular flexibility index (Phi) is 4.98. The maximum atomic E-state index is 10.8. The second kappa shape index (κ2) is 6.56. The summed E-state index contributed by atoms with van der Waals surface area (Å²) >= 11 is 0. The first-order chi connectivity index (χ1) is 9.86. The third-order valence-corrected chi connectivity index (χ3v) is 3.92. The van der Waals surface area contributed by atoms with Crippen LogP contribution in [0.4, 0.5) is 0 Å². The van der Waals surface area contributed by atoms with Gasteiger partial charge in [0, 0.05) is 17.9 Å². The third-order valence-electron chi connectivity index (χ3n) is 3.92. The van der Waals surface area contributed by atoms with Gasteiger partial charge in [-0.2, -0.15) is 4.98 Å². The van der Waals surface area contributed by atoms with Crippen LogP contribution < -0.4 is 0 Å². The molecule has 6 nitrogen and oxygen atoms in total. The van der Waals surface area contributed by atoms with Gasteiger partial charge in [-0.05, 0) is 25.8 Å². The molecule has 1 unspecified atom stereocenters. The van der Waals surface area contributed by atoms with Gasteiger partial charge in [0.1, 0.15) is 0 Å². The van der Waals surface area contributed by atoms with Crippen LogP contribution in [0, 0.1) is 0 Å². The van der Waals surface area contributed by atoms with Crippen LogP contribution in [0.3, 0.4) is 0 Å². The fraction of sp³-hybridized carbons (Fsp3) is 0.800. The van der Waals surface area contributed by atoms with Crippen molar-refractivity contribution < 1.29 is 14.4 Å². The average molecular weight is 295 g/mol. The molecule has 0 aliphatic carbocycles. The summed E-state index contributed by atoms with van der Waals surface area (Å²) in [6.45, 7) is 7.75. The molecule has 1 N–H and O–H groups in total. The van der Waals surface area contributed by atoms with Gasteiger partial charge in [-0.3, -0.25) is 9.69 Å². The Hall–Kier alpha value is -1.43. The van der Waals surface area contributed by atoms with Crippen LogP contribution in [0.25, 0.3) is 0 Å². The summed E-state index contributed by atoms with van der Waals surface area (Å²) in [5.74, 6) is 0.618. The van der Waals surface area contributed by atoms with Crippen LogP contribution >= 0.6 is 0 Å². The molecule has 0 bridgehead atoms. The van der Waals surface area contributed by atoms with Crippen LogP contribution in [0.5, 0.6) is 0 Å². The molecule has 1 atom stereocenters. The summed E-state index contributed by atoms with van der Waals surface area (Å²) in [5, 5.41) is 12.9. The monoisotopic (exact) mass is 295 g/mol. The number of carboxylic acid groups (broad SMARTS) is 1. The van der Waals surface area contributed by atoms with E-state index in [1.165, 1.54) is 0 Å². The Morgan fingerprint density at radius 1 is 1.43 bits per heavy atom. The van der Waals surface area contributed by atoms with E-state index in [1.807, 2.05) is 0 Å². The van der Waals surface area contributed by atoms with E-state index in [2.05, 4.69) is 35.8 Å². The Bertz CT molecular complexity index is 479. The molecule has 2 rings (SSSR count). The van der Waals surface area contributed by atoms with E-state index in [0.717, 1.165) is 31.6 Å². The fourth-order valence-corrected chi connectivity index (χ4v) is 2.68. The zero-order valence-corrected chi connectivity index (χ0v) is 13.1. The smallest absolute Gasteiger partial charge is 0.303 e. The maximum Gasteiger partial charge on any atom is 0.303 e. The first-order valence-electron chi connectivity index (χ1n) is 7.65. The molecule has 1 aliphatic rings. The minimum absolute atomic E-state index is 0.119. The number of likely N-dealkylation sites (tertiary alicyclic amines) is 1. The van der Waals surface area contributed by atoms with Crippen molar-refractivity contribution in [1.82, 2.24) is 15.0 Å². The second-order valence-electron chi connectivity index (χ2n) is 6.81. The Labute approximate surface area is 125 Å². The predicted octanol–water partition coefficient (Wildman–Crippen LogP) is 2.59. The molecule has 0 aromatic carbocycles. The zero-order valence-electron chi connectivity index (χ0n) is 13.1. The van der Waals surface area contributed by atoms with E-state index in [9.17, 15) is 4.79 Å². The van der Waals surface area contributed by atoms with Crippen molar-refractivity contribution in [3.63, 3.8) is 0 Å². The highest BCUT2D eigenvalue weighted by Crippen LogP contribution is 2.24. The number of hydrogen-bond donors (Lipinski definition) is 1. The van der Waals surface area contributed by atoms with Gasteiger partial charge in [-0.15, -0.1) is 0 Å². The topological polar surface area (TPSA) is 79.5 Å². The third kappa shape index (κ3) is 4.52. The lowest BCUT2D eigenvalue weighted by Crippen LogP contribution is -2.39.